The smallest absolute Gasteiger partial charge is 0.0306 e. The van der Waals surface area contributed by atoms with Crippen LogP contribution in [0.5, 0.6) is 0 Å². The van der Waals surface area contributed by atoms with Crippen molar-refractivity contribution in [3.63, 3.8) is 0 Å². The normalized spacial score (nSPS) is 12.9. The van der Waals surface area contributed by atoms with Gasteiger partial charge in [-0.05, 0) is 25.0 Å². The molecule has 0 aromatic heterocycles. The number of hydrogen-bond acceptors (Lipinski definition) is 1. The molecule has 0 aliphatic carbocycles. The maximum Gasteiger partial charge on any atom is 0.0306 e. The second-order valence-electron chi connectivity index (χ2n) is 3.42. The van der Waals surface area contributed by atoms with Crippen molar-refractivity contribution in [3.05, 3.63) is 33.8 Å². The van der Waals surface area contributed by atoms with Gasteiger partial charge in [0, 0.05) is 10.5 Å². The Morgan fingerprint density at radius 2 is 2.15 bits per heavy atom. The summed E-state index contributed by atoms with van der Waals surface area (Å²) in [6.45, 7) is 4.25. The van der Waals surface area contributed by atoms with Gasteiger partial charge in [0.25, 0.3) is 0 Å². The van der Waals surface area contributed by atoms with E-state index in [1.165, 1.54) is 11.1 Å². The molecule has 13 heavy (non-hydrogen) atoms. The van der Waals surface area contributed by atoms with E-state index in [9.17, 15) is 0 Å². The second-order valence-corrected chi connectivity index (χ2v) is 4.27. The average molecular weight is 242 g/mol. The van der Waals surface area contributed by atoms with Gasteiger partial charge in [-0.3, -0.25) is 0 Å². The van der Waals surface area contributed by atoms with Crippen LogP contribution >= 0.6 is 15.9 Å². The zero-order valence-corrected chi connectivity index (χ0v) is 9.76. The van der Waals surface area contributed by atoms with E-state index in [0.29, 0.717) is 0 Å². The van der Waals surface area contributed by atoms with E-state index < -0.39 is 0 Å². The Bertz CT molecular complexity index is 283. The molecule has 1 aromatic rings. The SMILES string of the molecule is CCC[C@H](N)c1cc(C)ccc1Br. The van der Waals surface area contributed by atoms with Gasteiger partial charge in [-0.1, -0.05) is 47.0 Å². The van der Waals surface area contributed by atoms with E-state index in [-0.39, 0.29) is 6.04 Å². The summed E-state index contributed by atoms with van der Waals surface area (Å²) in [4.78, 5) is 0. The summed E-state index contributed by atoms with van der Waals surface area (Å²) in [6, 6.07) is 6.48. The number of hydrogen-bond donors (Lipinski definition) is 1. The molecule has 0 bridgehead atoms. The third kappa shape index (κ3) is 2.82. The highest BCUT2D eigenvalue weighted by Gasteiger charge is 2.08. The van der Waals surface area contributed by atoms with E-state index in [1.807, 2.05) is 0 Å². The molecule has 1 nitrogen and oxygen atoms in total. The van der Waals surface area contributed by atoms with Crippen molar-refractivity contribution in [2.24, 2.45) is 5.73 Å². The third-order valence-corrected chi connectivity index (χ3v) is 2.87. The first-order valence-electron chi connectivity index (χ1n) is 4.66. The van der Waals surface area contributed by atoms with Crippen LogP contribution in [0.15, 0.2) is 22.7 Å². The highest BCUT2D eigenvalue weighted by atomic mass is 79.9. The molecule has 0 aliphatic rings. The van der Waals surface area contributed by atoms with E-state index in [4.69, 9.17) is 5.73 Å². The van der Waals surface area contributed by atoms with Crippen LogP contribution in [0, 0.1) is 6.92 Å². The molecule has 1 atom stereocenters. The minimum Gasteiger partial charge on any atom is -0.324 e. The molecular weight excluding hydrogens is 226 g/mol. The topological polar surface area (TPSA) is 26.0 Å². The maximum absolute atomic E-state index is 6.05. The molecule has 0 radical (unpaired) electrons. The Morgan fingerprint density at radius 1 is 1.46 bits per heavy atom. The summed E-state index contributed by atoms with van der Waals surface area (Å²) in [5, 5.41) is 0. The van der Waals surface area contributed by atoms with Gasteiger partial charge in [-0.25, -0.2) is 0 Å². The van der Waals surface area contributed by atoms with E-state index in [1.54, 1.807) is 0 Å². The minimum absolute atomic E-state index is 0.166. The molecule has 0 unspecified atom stereocenters. The number of benzene rings is 1. The minimum atomic E-state index is 0.166. The van der Waals surface area contributed by atoms with Crippen LogP contribution in [0.4, 0.5) is 0 Å². The lowest BCUT2D eigenvalue weighted by atomic mass is 10.0. The van der Waals surface area contributed by atoms with Crippen molar-refractivity contribution < 1.29 is 0 Å². The lowest BCUT2D eigenvalue weighted by molar-refractivity contribution is 0.635. The average Bonchev–Trinajstić information content (AvgIpc) is 2.09. The van der Waals surface area contributed by atoms with Gasteiger partial charge in [-0.2, -0.15) is 0 Å². The summed E-state index contributed by atoms with van der Waals surface area (Å²) >= 11 is 3.52. The summed E-state index contributed by atoms with van der Waals surface area (Å²) in [5.74, 6) is 0. The summed E-state index contributed by atoms with van der Waals surface area (Å²) in [7, 11) is 0. The monoisotopic (exact) mass is 241 g/mol. The van der Waals surface area contributed by atoms with Crippen LogP contribution in [-0.2, 0) is 0 Å². The predicted molar refractivity (Wildman–Crippen MR) is 60.7 cm³/mol. The van der Waals surface area contributed by atoms with Crippen LogP contribution in [0.2, 0.25) is 0 Å². The number of nitrogens with two attached hydrogens (primary N) is 1. The summed E-state index contributed by atoms with van der Waals surface area (Å²) in [6.07, 6.45) is 2.17. The number of rotatable bonds is 3. The molecule has 0 saturated heterocycles. The zero-order valence-electron chi connectivity index (χ0n) is 8.18. The maximum atomic E-state index is 6.05. The Balaban J connectivity index is 2.91. The molecule has 1 rings (SSSR count). The van der Waals surface area contributed by atoms with Crippen LogP contribution in [0.25, 0.3) is 0 Å². The van der Waals surface area contributed by atoms with Crippen molar-refractivity contribution in [1.82, 2.24) is 0 Å². The number of aryl methyl sites for hydroxylation is 1. The molecule has 72 valence electrons. The molecule has 0 aliphatic heterocycles. The standard InChI is InChI=1S/C11H16BrN/c1-3-4-11(13)9-7-8(2)5-6-10(9)12/h5-7,11H,3-4,13H2,1-2H3/t11-/m0/s1. The van der Waals surface area contributed by atoms with Crippen LogP contribution in [0.3, 0.4) is 0 Å². The molecule has 2 heteroatoms. The van der Waals surface area contributed by atoms with Crippen molar-refractivity contribution in [1.29, 1.82) is 0 Å². The summed E-state index contributed by atoms with van der Waals surface area (Å²) < 4.78 is 1.12. The quantitative estimate of drug-likeness (QED) is 0.861. The first kappa shape index (κ1) is 10.7. The van der Waals surface area contributed by atoms with E-state index >= 15 is 0 Å². The molecule has 0 amide bonds. The Labute approximate surface area is 88.5 Å². The highest BCUT2D eigenvalue weighted by Crippen LogP contribution is 2.25. The van der Waals surface area contributed by atoms with E-state index in [2.05, 4.69) is 48.0 Å². The van der Waals surface area contributed by atoms with Crippen LogP contribution in [0.1, 0.15) is 36.9 Å². The van der Waals surface area contributed by atoms with Gasteiger partial charge in [0.15, 0.2) is 0 Å². The van der Waals surface area contributed by atoms with Gasteiger partial charge in [-0.15, -0.1) is 0 Å². The van der Waals surface area contributed by atoms with Crippen molar-refractivity contribution >= 4 is 15.9 Å². The van der Waals surface area contributed by atoms with Crippen molar-refractivity contribution in [2.75, 3.05) is 0 Å². The molecule has 1 aromatic carbocycles. The fourth-order valence-electron chi connectivity index (χ4n) is 1.41. The van der Waals surface area contributed by atoms with Crippen molar-refractivity contribution in [2.45, 2.75) is 32.7 Å². The lowest BCUT2D eigenvalue weighted by Gasteiger charge is -2.13. The first-order chi connectivity index (χ1) is 6.15. The van der Waals surface area contributed by atoms with Crippen molar-refractivity contribution in [3.8, 4) is 0 Å². The molecule has 0 saturated carbocycles. The van der Waals surface area contributed by atoms with Crippen LogP contribution in [-0.4, -0.2) is 0 Å². The Morgan fingerprint density at radius 3 is 2.77 bits per heavy atom. The predicted octanol–water partition coefficient (Wildman–Crippen LogP) is 3.56. The zero-order chi connectivity index (χ0) is 9.84. The highest BCUT2D eigenvalue weighted by molar-refractivity contribution is 9.10. The largest absolute Gasteiger partial charge is 0.324 e. The third-order valence-electron chi connectivity index (χ3n) is 2.15. The fraction of sp³-hybridized carbons (Fsp3) is 0.455. The molecule has 0 fully saturated rings. The van der Waals surface area contributed by atoms with Gasteiger partial charge in [0.1, 0.15) is 0 Å². The first-order valence-corrected chi connectivity index (χ1v) is 5.46. The second kappa shape index (κ2) is 4.77. The molecule has 0 spiro atoms. The number of halogens is 1. The molecule has 0 heterocycles. The molecule has 2 N–H and O–H groups in total. The van der Waals surface area contributed by atoms with Gasteiger partial charge >= 0.3 is 0 Å². The van der Waals surface area contributed by atoms with Gasteiger partial charge in [0.2, 0.25) is 0 Å². The fourth-order valence-corrected chi connectivity index (χ4v) is 1.95. The lowest BCUT2D eigenvalue weighted by Crippen LogP contribution is -2.10. The molecular formula is C11H16BrN. The Hall–Kier alpha value is -0.340. The van der Waals surface area contributed by atoms with Gasteiger partial charge < -0.3 is 5.73 Å². The van der Waals surface area contributed by atoms with Crippen LogP contribution < -0.4 is 5.73 Å². The Kier molecular flexibility index (Phi) is 3.94. The van der Waals surface area contributed by atoms with Gasteiger partial charge in [0.05, 0.1) is 0 Å². The summed E-state index contributed by atoms with van der Waals surface area (Å²) in [5.41, 5.74) is 8.54. The van der Waals surface area contributed by atoms with E-state index in [0.717, 1.165) is 17.3 Å².